The van der Waals surface area contributed by atoms with Gasteiger partial charge in [-0.1, -0.05) is 41.9 Å². The van der Waals surface area contributed by atoms with Crippen LogP contribution in [0.1, 0.15) is 29.3 Å². The number of non-ortho nitro benzene ring substituents is 1. The number of carbonyl (C=O) groups is 1. The van der Waals surface area contributed by atoms with Crippen LogP contribution in [0, 0.1) is 10.1 Å². The Labute approximate surface area is 237 Å². The fourth-order valence-corrected chi connectivity index (χ4v) is 6.16. The third-order valence-corrected chi connectivity index (χ3v) is 8.17. The first-order chi connectivity index (χ1) is 19.4. The van der Waals surface area contributed by atoms with Gasteiger partial charge in [-0.25, -0.2) is 5.01 Å². The van der Waals surface area contributed by atoms with Crippen molar-refractivity contribution in [2.75, 3.05) is 0 Å². The molecule has 4 heterocycles. The van der Waals surface area contributed by atoms with Gasteiger partial charge >= 0.3 is 5.85 Å². The molecule has 1 saturated heterocycles. The van der Waals surface area contributed by atoms with Gasteiger partial charge in [0.2, 0.25) is 0 Å². The van der Waals surface area contributed by atoms with Crippen LogP contribution in [0.5, 0.6) is 5.75 Å². The number of para-hydroxylation sites is 1. The van der Waals surface area contributed by atoms with E-state index in [9.17, 15) is 14.9 Å². The van der Waals surface area contributed by atoms with Gasteiger partial charge in [-0.2, -0.15) is 5.10 Å². The number of hydrazone groups is 1. The quantitative estimate of drug-likeness (QED) is 0.204. The van der Waals surface area contributed by atoms with Crippen molar-refractivity contribution in [3.8, 4) is 17.1 Å². The van der Waals surface area contributed by atoms with Gasteiger partial charge in [0.15, 0.2) is 0 Å². The van der Waals surface area contributed by atoms with Crippen molar-refractivity contribution in [2.24, 2.45) is 5.10 Å². The molecule has 2 unspecified atom stereocenters. The number of hydrogen-bond acceptors (Lipinski definition) is 8. The molecule has 0 aliphatic carbocycles. The van der Waals surface area contributed by atoms with Crippen LogP contribution in [0.15, 0.2) is 99.4 Å². The van der Waals surface area contributed by atoms with Crippen LogP contribution in [0.3, 0.4) is 0 Å². The summed E-state index contributed by atoms with van der Waals surface area (Å²) in [5.74, 6) is 0.327. The second-order valence-electron chi connectivity index (χ2n) is 9.43. The number of carbonyl (C=O) groups excluding carboxylic acids is 1. The van der Waals surface area contributed by atoms with Crippen molar-refractivity contribution >= 4 is 46.1 Å². The van der Waals surface area contributed by atoms with Gasteiger partial charge in [-0.05, 0) is 65.9 Å². The molecule has 0 bridgehead atoms. The van der Waals surface area contributed by atoms with Crippen LogP contribution in [-0.2, 0) is 0 Å². The van der Waals surface area contributed by atoms with E-state index in [2.05, 4.69) is 5.32 Å². The summed E-state index contributed by atoms with van der Waals surface area (Å²) < 4.78 is 12.6. The number of amides is 1. The number of furan rings is 1. The third-order valence-electron chi connectivity index (χ3n) is 7.02. The average Bonchev–Trinajstić information content (AvgIpc) is 3.68. The number of nitrogens with one attached hydrogen (secondary N) is 1. The van der Waals surface area contributed by atoms with Gasteiger partial charge in [-0.3, -0.25) is 20.2 Å². The molecule has 9 nitrogen and oxygen atoms in total. The summed E-state index contributed by atoms with van der Waals surface area (Å²) in [6.45, 7) is 0. The number of thioether (sulfide) groups is 1. The van der Waals surface area contributed by atoms with Crippen LogP contribution >= 0.6 is 23.4 Å². The van der Waals surface area contributed by atoms with Crippen molar-refractivity contribution in [1.82, 2.24) is 10.3 Å². The smallest absolute Gasteiger partial charge is 0.314 e. The minimum Gasteiger partial charge on any atom is -0.457 e. The van der Waals surface area contributed by atoms with Crippen molar-refractivity contribution in [2.45, 2.75) is 18.3 Å². The average molecular weight is 571 g/mol. The Hall–Kier alpha value is -4.54. The zero-order valence-corrected chi connectivity index (χ0v) is 22.2. The maximum atomic E-state index is 12.9. The molecule has 1 aromatic heterocycles. The second kappa shape index (κ2) is 9.29. The molecule has 1 spiro atoms. The molecule has 2 atom stereocenters. The molecule has 11 heteroatoms. The minimum absolute atomic E-state index is 0.0000444. The van der Waals surface area contributed by atoms with Crippen LogP contribution in [0.2, 0.25) is 5.02 Å². The van der Waals surface area contributed by atoms with E-state index >= 15 is 0 Å². The van der Waals surface area contributed by atoms with Gasteiger partial charge in [0.1, 0.15) is 17.3 Å². The predicted molar refractivity (Wildman–Crippen MR) is 152 cm³/mol. The number of ether oxygens (including phenoxy) is 1. The molecular weight excluding hydrogens is 552 g/mol. The largest absolute Gasteiger partial charge is 0.457 e. The molecule has 198 valence electrons. The Morgan fingerprint density at radius 1 is 1.05 bits per heavy atom. The molecule has 0 radical (unpaired) electrons. The van der Waals surface area contributed by atoms with E-state index in [1.54, 1.807) is 30.3 Å². The van der Waals surface area contributed by atoms with Gasteiger partial charge in [0, 0.05) is 34.7 Å². The van der Waals surface area contributed by atoms with Crippen molar-refractivity contribution < 1.29 is 18.9 Å². The number of fused-ring (bicyclic) bond motifs is 4. The summed E-state index contributed by atoms with van der Waals surface area (Å²) in [7, 11) is 0. The van der Waals surface area contributed by atoms with Gasteiger partial charge in [0.05, 0.1) is 21.6 Å². The minimum atomic E-state index is -1.37. The van der Waals surface area contributed by atoms with E-state index in [1.165, 1.54) is 12.1 Å². The fraction of sp³-hybridized carbons (Fsp3) is 0.103. The standard InChI is InChI=1S/C29H19ClN4O5S/c30-19-9-5-17(6-10-19)23-16-24-22-3-1-2-4-26(22)39-29(33(24)32-23)27(40-28(35)31-29)15-21-13-14-25(38-21)18-7-11-20(12-8-18)34(36)37/h1-15,24H,16H2,(H,31,35)/b27-15-. The second-order valence-corrected chi connectivity index (χ2v) is 10.9. The highest BCUT2D eigenvalue weighted by Crippen LogP contribution is 2.52. The Balaban J connectivity index is 1.29. The normalized spacial score (nSPS) is 22.1. The van der Waals surface area contributed by atoms with Crippen molar-refractivity contribution in [3.05, 3.63) is 122 Å². The summed E-state index contributed by atoms with van der Waals surface area (Å²) in [4.78, 5) is 24.0. The number of halogens is 1. The van der Waals surface area contributed by atoms with Crippen molar-refractivity contribution in [3.63, 3.8) is 0 Å². The number of nitrogens with zero attached hydrogens (tertiary/aromatic N) is 3. The van der Waals surface area contributed by atoms with Gasteiger partial charge < -0.3 is 9.15 Å². The number of nitro groups is 1. The molecule has 1 amide bonds. The Morgan fingerprint density at radius 2 is 1.80 bits per heavy atom. The number of rotatable bonds is 4. The van der Waals surface area contributed by atoms with Crippen LogP contribution in [0.25, 0.3) is 17.4 Å². The number of benzene rings is 3. The molecule has 1 fully saturated rings. The monoisotopic (exact) mass is 570 g/mol. The highest BCUT2D eigenvalue weighted by atomic mass is 35.5. The van der Waals surface area contributed by atoms with E-state index < -0.39 is 10.8 Å². The van der Waals surface area contributed by atoms with E-state index in [0.29, 0.717) is 39.2 Å². The summed E-state index contributed by atoms with van der Waals surface area (Å²) in [6.07, 6.45) is 2.38. The van der Waals surface area contributed by atoms with Crippen LogP contribution in [-0.4, -0.2) is 26.7 Å². The lowest BCUT2D eigenvalue weighted by Crippen LogP contribution is -2.61. The van der Waals surface area contributed by atoms with Crippen LogP contribution < -0.4 is 10.1 Å². The predicted octanol–water partition coefficient (Wildman–Crippen LogP) is 7.20. The number of hydrogen-bond donors (Lipinski definition) is 1. The summed E-state index contributed by atoms with van der Waals surface area (Å²) >= 11 is 7.14. The zero-order valence-electron chi connectivity index (χ0n) is 20.6. The van der Waals surface area contributed by atoms with E-state index in [1.807, 2.05) is 53.5 Å². The lowest BCUT2D eigenvalue weighted by Gasteiger charge is -2.44. The van der Waals surface area contributed by atoms with E-state index in [-0.39, 0.29) is 17.0 Å². The van der Waals surface area contributed by atoms with E-state index in [0.717, 1.165) is 28.6 Å². The first kappa shape index (κ1) is 24.5. The summed E-state index contributed by atoms with van der Waals surface area (Å²) in [5, 5.41) is 21.2. The SMILES string of the molecule is O=C1NC2(Oc3ccccc3C3CC(c4ccc(Cl)cc4)=NN32)/C(=C/c2ccc(-c3ccc([N+](=O)[O-])cc3)o2)S1. The maximum absolute atomic E-state index is 12.9. The molecule has 4 aromatic rings. The topological polar surface area (TPSA) is 110 Å². The lowest BCUT2D eigenvalue weighted by atomic mass is 9.96. The summed E-state index contributed by atoms with van der Waals surface area (Å²) in [6, 6.07) is 24.8. The van der Waals surface area contributed by atoms with Crippen molar-refractivity contribution in [1.29, 1.82) is 0 Å². The molecule has 1 N–H and O–H groups in total. The highest BCUT2D eigenvalue weighted by Gasteiger charge is 2.58. The Kier molecular flexibility index (Phi) is 5.69. The zero-order chi connectivity index (χ0) is 27.4. The molecular formula is C29H19ClN4O5S. The van der Waals surface area contributed by atoms with Crippen LogP contribution in [0.4, 0.5) is 10.5 Å². The van der Waals surface area contributed by atoms with E-state index in [4.69, 9.17) is 25.9 Å². The fourth-order valence-electron chi connectivity index (χ4n) is 5.14. The molecule has 0 saturated carbocycles. The highest BCUT2D eigenvalue weighted by molar-refractivity contribution is 8.17. The Morgan fingerprint density at radius 3 is 2.58 bits per heavy atom. The first-order valence-corrected chi connectivity index (χ1v) is 13.6. The third kappa shape index (κ3) is 4.04. The molecule has 3 aliphatic rings. The molecule has 3 aliphatic heterocycles. The first-order valence-electron chi connectivity index (χ1n) is 12.4. The maximum Gasteiger partial charge on any atom is 0.314 e. The molecule has 3 aromatic carbocycles. The number of nitro benzene ring substituents is 1. The van der Waals surface area contributed by atoms with Gasteiger partial charge in [-0.15, -0.1) is 0 Å². The Bertz CT molecular complexity index is 1730. The lowest BCUT2D eigenvalue weighted by molar-refractivity contribution is -0.384. The molecule has 7 rings (SSSR count). The van der Waals surface area contributed by atoms with Gasteiger partial charge in [0.25, 0.3) is 10.9 Å². The molecule has 40 heavy (non-hydrogen) atoms. The summed E-state index contributed by atoms with van der Waals surface area (Å²) in [5.41, 5.74) is 3.46.